The van der Waals surface area contributed by atoms with Crippen LogP contribution in [-0.2, 0) is 6.54 Å². The normalized spacial score (nSPS) is 12.2. The van der Waals surface area contributed by atoms with E-state index in [0.717, 1.165) is 11.1 Å². The zero-order valence-corrected chi connectivity index (χ0v) is 17.3. The summed E-state index contributed by atoms with van der Waals surface area (Å²) in [5.74, 6) is -0.469. The monoisotopic (exact) mass is 417 g/mol. The summed E-state index contributed by atoms with van der Waals surface area (Å²) in [5, 5.41) is 21.2. The van der Waals surface area contributed by atoms with Gasteiger partial charge in [0, 0.05) is 12.7 Å². The van der Waals surface area contributed by atoms with E-state index in [1.807, 2.05) is 50.2 Å². The van der Waals surface area contributed by atoms with Gasteiger partial charge in [-0.25, -0.2) is 4.98 Å². The molecule has 0 fully saturated rings. The predicted molar refractivity (Wildman–Crippen MR) is 117 cm³/mol. The maximum Gasteiger partial charge on any atom is 0.267 e. The molecule has 0 spiro atoms. The van der Waals surface area contributed by atoms with Crippen LogP contribution in [0.2, 0.25) is 0 Å². The minimum Gasteiger partial charge on any atom is -0.395 e. The van der Waals surface area contributed by atoms with Gasteiger partial charge in [0.15, 0.2) is 0 Å². The summed E-state index contributed by atoms with van der Waals surface area (Å²) < 4.78 is 2.84. The maximum atomic E-state index is 13.2. The van der Waals surface area contributed by atoms with E-state index >= 15 is 0 Å². The van der Waals surface area contributed by atoms with Crippen molar-refractivity contribution in [3.63, 3.8) is 0 Å². The van der Waals surface area contributed by atoms with Gasteiger partial charge in [-0.2, -0.15) is 0 Å². The molecule has 3 N–H and O–H groups in total. The topological polar surface area (TPSA) is 112 Å². The Labute approximate surface area is 177 Å². The van der Waals surface area contributed by atoms with E-state index in [1.54, 1.807) is 12.3 Å². The standard InChI is InChI=1S/C23H23N5O3/c1-14-7-6-10-28-20(14)26-21-18(23(28)31)13-17(19(24)27(21)11-12-29)22(30)25-15(2)16-8-4-3-5-9-16/h3-10,13,15,24,29H,11-12H2,1-2H3,(H,25,30). The number of carbonyl (C=O) groups is 1. The number of aliphatic hydroxyl groups is 1. The quantitative estimate of drug-likeness (QED) is 0.431. The minimum atomic E-state index is -0.469. The molecule has 1 aromatic carbocycles. The molecular weight excluding hydrogens is 394 g/mol. The number of aryl methyl sites for hydroxylation is 1. The van der Waals surface area contributed by atoms with Crippen molar-refractivity contribution in [1.82, 2.24) is 19.3 Å². The second-order valence-electron chi connectivity index (χ2n) is 7.43. The van der Waals surface area contributed by atoms with Gasteiger partial charge in [-0.05, 0) is 37.1 Å². The van der Waals surface area contributed by atoms with E-state index in [2.05, 4.69) is 10.3 Å². The molecule has 1 amide bonds. The van der Waals surface area contributed by atoms with Crippen LogP contribution in [0, 0.1) is 12.3 Å². The molecule has 0 aliphatic carbocycles. The van der Waals surface area contributed by atoms with Crippen LogP contribution >= 0.6 is 0 Å². The number of amides is 1. The van der Waals surface area contributed by atoms with Crippen LogP contribution in [0.25, 0.3) is 16.7 Å². The number of aliphatic hydroxyl groups excluding tert-OH is 1. The molecule has 0 saturated carbocycles. The summed E-state index contributed by atoms with van der Waals surface area (Å²) in [4.78, 5) is 30.8. The summed E-state index contributed by atoms with van der Waals surface area (Å²) in [6.45, 7) is 3.48. The second kappa shape index (κ2) is 8.16. The van der Waals surface area contributed by atoms with Crippen molar-refractivity contribution in [3.8, 4) is 0 Å². The van der Waals surface area contributed by atoms with Crippen LogP contribution < -0.4 is 16.4 Å². The smallest absolute Gasteiger partial charge is 0.267 e. The zero-order chi connectivity index (χ0) is 22.1. The number of pyridine rings is 2. The molecular formula is C23H23N5O3. The van der Waals surface area contributed by atoms with Crippen LogP contribution in [0.3, 0.4) is 0 Å². The lowest BCUT2D eigenvalue weighted by Gasteiger charge is -2.17. The number of carbonyl (C=O) groups excluding carboxylic acids is 1. The lowest BCUT2D eigenvalue weighted by molar-refractivity contribution is 0.0937. The summed E-state index contributed by atoms with van der Waals surface area (Å²) in [7, 11) is 0. The van der Waals surface area contributed by atoms with E-state index in [1.165, 1.54) is 15.0 Å². The van der Waals surface area contributed by atoms with Crippen molar-refractivity contribution in [2.75, 3.05) is 6.61 Å². The Kier molecular flexibility index (Phi) is 5.39. The Hall–Kier alpha value is -3.78. The number of hydrogen-bond donors (Lipinski definition) is 3. The molecule has 4 aromatic rings. The molecule has 0 radical (unpaired) electrons. The molecule has 8 nitrogen and oxygen atoms in total. The van der Waals surface area contributed by atoms with Crippen LogP contribution in [0.4, 0.5) is 0 Å². The first-order valence-corrected chi connectivity index (χ1v) is 9.99. The number of fused-ring (bicyclic) bond motifs is 2. The van der Waals surface area contributed by atoms with Crippen LogP contribution in [0.1, 0.15) is 34.5 Å². The van der Waals surface area contributed by atoms with Crippen molar-refractivity contribution in [3.05, 3.63) is 87.3 Å². The Morgan fingerprint density at radius 2 is 1.94 bits per heavy atom. The number of nitrogens with one attached hydrogen (secondary N) is 2. The summed E-state index contributed by atoms with van der Waals surface area (Å²) in [5.41, 5.74) is 2.09. The van der Waals surface area contributed by atoms with Crippen molar-refractivity contribution in [2.24, 2.45) is 0 Å². The Morgan fingerprint density at radius 1 is 1.19 bits per heavy atom. The SMILES string of the molecule is Cc1cccn2c(=O)c3cc(C(=O)NC(C)c4ccccc4)c(=N)n(CCO)c3nc12. The molecule has 0 saturated heterocycles. The molecule has 31 heavy (non-hydrogen) atoms. The van der Waals surface area contributed by atoms with Crippen molar-refractivity contribution < 1.29 is 9.90 Å². The lowest BCUT2D eigenvalue weighted by atomic mass is 10.1. The third kappa shape index (κ3) is 3.62. The van der Waals surface area contributed by atoms with E-state index in [4.69, 9.17) is 5.41 Å². The van der Waals surface area contributed by atoms with Gasteiger partial charge in [0.2, 0.25) is 0 Å². The van der Waals surface area contributed by atoms with Crippen molar-refractivity contribution in [1.29, 1.82) is 5.41 Å². The highest BCUT2D eigenvalue weighted by atomic mass is 16.3. The van der Waals surface area contributed by atoms with Gasteiger partial charge in [-0.3, -0.25) is 19.4 Å². The van der Waals surface area contributed by atoms with Gasteiger partial charge < -0.3 is 15.0 Å². The lowest BCUT2D eigenvalue weighted by Crippen LogP contribution is -2.36. The molecule has 4 rings (SSSR count). The van der Waals surface area contributed by atoms with E-state index in [-0.39, 0.29) is 46.8 Å². The number of benzene rings is 1. The Balaban J connectivity index is 1.90. The first kappa shape index (κ1) is 20.5. The average molecular weight is 417 g/mol. The third-order valence-corrected chi connectivity index (χ3v) is 5.35. The molecule has 3 heterocycles. The highest BCUT2D eigenvalue weighted by Gasteiger charge is 2.19. The number of hydrogen-bond acceptors (Lipinski definition) is 5. The molecule has 158 valence electrons. The molecule has 0 aliphatic rings. The van der Waals surface area contributed by atoms with Crippen LogP contribution in [-0.4, -0.2) is 31.6 Å². The van der Waals surface area contributed by atoms with Gasteiger partial charge >= 0.3 is 0 Å². The fourth-order valence-corrected chi connectivity index (χ4v) is 3.69. The third-order valence-electron chi connectivity index (χ3n) is 5.35. The van der Waals surface area contributed by atoms with Crippen molar-refractivity contribution >= 4 is 22.6 Å². The van der Waals surface area contributed by atoms with Gasteiger partial charge in [-0.1, -0.05) is 36.4 Å². The number of aromatic nitrogens is 3. The van der Waals surface area contributed by atoms with Gasteiger partial charge in [0.25, 0.3) is 11.5 Å². The Bertz CT molecular complexity index is 1410. The van der Waals surface area contributed by atoms with Crippen molar-refractivity contribution in [2.45, 2.75) is 26.4 Å². The van der Waals surface area contributed by atoms with Gasteiger partial charge in [-0.15, -0.1) is 0 Å². The maximum absolute atomic E-state index is 13.2. The van der Waals surface area contributed by atoms with Gasteiger partial charge in [0.05, 0.1) is 23.6 Å². The minimum absolute atomic E-state index is 0.0409. The summed E-state index contributed by atoms with van der Waals surface area (Å²) >= 11 is 0. The fraction of sp³-hybridized carbons (Fsp3) is 0.217. The number of rotatable bonds is 5. The van der Waals surface area contributed by atoms with Crippen LogP contribution in [0.15, 0.2) is 59.5 Å². The molecule has 1 unspecified atom stereocenters. The average Bonchev–Trinajstić information content (AvgIpc) is 2.77. The van der Waals surface area contributed by atoms with Crippen LogP contribution in [0.5, 0.6) is 0 Å². The second-order valence-corrected chi connectivity index (χ2v) is 7.43. The van der Waals surface area contributed by atoms with E-state index in [0.29, 0.717) is 5.65 Å². The molecule has 8 heteroatoms. The molecule has 3 aromatic heterocycles. The predicted octanol–water partition coefficient (Wildman–Crippen LogP) is 1.92. The summed E-state index contributed by atoms with van der Waals surface area (Å²) in [6, 6.07) is 14.2. The fourth-order valence-electron chi connectivity index (χ4n) is 3.69. The highest BCUT2D eigenvalue weighted by molar-refractivity contribution is 5.97. The van der Waals surface area contributed by atoms with E-state index < -0.39 is 5.91 Å². The number of nitrogens with zero attached hydrogens (tertiary/aromatic N) is 3. The first-order valence-electron chi connectivity index (χ1n) is 9.99. The highest BCUT2D eigenvalue weighted by Crippen LogP contribution is 2.15. The van der Waals surface area contributed by atoms with E-state index in [9.17, 15) is 14.7 Å². The first-order chi connectivity index (χ1) is 14.9. The molecule has 0 aliphatic heterocycles. The summed E-state index contributed by atoms with van der Waals surface area (Å²) in [6.07, 6.45) is 1.62. The molecule has 1 atom stereocenters. The zero-order valence-electron chi connectivity index (χ0n) is 17.3. The largest absolute Gasteiger partial charge is 0.395 e. The van der Waals surface area contributed by atoms with Gasteiger partial charge in [0.1, 0.15) is 16.8 Å². The molecule has 0 bridgehead atoms. The Morgan fingerprint density at radius 3 is 2.65 bits per heavy atom.